The fourth-order valence-corrected chi connectivity index (χ4v) is 1.85. The molecule has 16 heavy (non-hydrogen) atoms. The molecule has 1 N–H and O–H groups in total. The van der Waals surface area contributed by atoms with Crippen molar-refractivity contribution in [2.45, 2.75) is 13.0 Å². The van der Waals surface area contributed by atoms with E-state index in [1.807, 2.05) is 12.3 Å². The van der Waals surface area contributed by atoms with Gasteiger partial charge in [-0.3, -0.25) is 0 Å². The van der Waals surface area contributed by atoms with Gasteiger partial charge in [0.1, 0.15) is 5.75 Å². The Morgan fingerprint density at radius 2 is 2.38 bits per heavy atom. The molecular weight excluding hydrogens is 204 g/mol. The Bertz CT molecular complexity index is 480. The molecule has 82 valence electrons. The van der Waals surface area contributed by atoms with E-state index in [9.17, 15) is 0 Å². The Kier molecular flexibility index (Phi) is 2.34. The Labute approximate surface area is 93.2 Å². The number of ether oxygens (including phenoxy) is 2. The van der Waals surface area contributed by atoms with Crippen LogP contribution in [0.25, 0.3) is 0 Å². The number of fused-ring (bicyclic) bond motifs is 1. The van der Waals surface area contributed by atoms with Crippen molar-refractivity contribution in [2.75, 3.05) is 6.79 Å². The van der Waals surface area contributed by atoms with Crippen molar-refractivity contribution in [3.05, 3.63) is 47.5 Å². The highest BCUT2D eigenvalue weighted by Crippen LogP contribution is 2.25. The molecule has 0 bridgehead atoms. The average Bonchev–Trinajstić information content (AvgIpc) is 2.82. The number of nitrogens with one attached hydrogen (secondary N) is 1. The van der Waals surface area contributed by atoms with Crippen LogP contribution in [0, 0.1) is 0 Å². The standard InChI is InChI=1S/C12H12N2O2/c1-2-12-10(6-15-8-16-12)3-9(1)4-11-5-13-7-14-11/h1-3,5,7H,4,6,8H2,(H,13,14). The molecule has 0 saturated carbocycles. The Morgan fingerprint density at radius 3 is 3.25 bits per heavy atom. The van der Waals surface area contributed by atoms with Crippen LogP contribution in [0.4, 0.5) is 0 Å². The molecule has 0 unspecified atom stereocenters. The molecule has 0 fully saturated rings. The first-order chi connectivity index (χ1) is 7.92. The number of rotatable bonds is 2. The number of nitrogens with zero attached hydrogens (tertiary/aromatic N) is 1. The van der Waals surface area contributed by atoms with Gasteiger partial charge in [0, 0.05) is 18.2 Å². The second kappa shape index (κ2) is 3.98. The SMILES string of the molecule is c1nc(Cc2ccc3c(c2)COCO3)c[nH]1. The van der Waals surface area contributed by atoms with Gasteiger partial charge in [-0.05, 0) is 17.7 Å². The lowest BCUT2D eigenvalue weighted by Gasteiger charge is -2.18. The zero-order valence-electron chi connectivity index (χ0n) is 8.77. The summed E-state index contributed by atoms with van der Waals surface area (Å²) in [5.74, 6) is 0.928. The minimum absolute atomic E-state index is 0.353. The Hall–Kier alpha value is -1.81. The molecule has 4 heteroatoms. The first kappa shape index (κ1) is 9.42. The Morgan fingerprint density at radius 1 is 1.38 bits per heavy atom. The summed E-state index contributed by atoms with van der Waals surface area (Å²) in [5.41, 5.74) is 3.37. The zero-order chi connectivity index (χ0) is 10.8. The zero-order valence-corrected chi connectivity index (χ0v) is 8.77. The van der Waals surface area contributed by atoms with Crippen LogP contribution in [-0.2, 0) is 17.8 Å². The van der Waals surface area contributed by atoms with Crippen molar-refractivity contribution in [3.63, 3.8) is 0 Å². The summed E-state index contributed by atoms with van der Waals surface area (Å²) in [6, 6.07) is 6.18. The summed E-state index contributed by atoms with van der Waals surface area (Å²) in [6.07, 6.45) is 4.43. The van der Waals surface area contributed by atoms with Crippen molar-refractivity contribution in [1.82, 2.24) is 9.97 Å². The monoisotopic (exact) mass is 216 g/mol. The summed E-state index contributed by atoms with van der Waals surface area (Å²) >= 11 is 0. The third-order valence-electron chi connectivity index (χ3n) is 2.62. The molecule has 0 atom stereocenters. The van der Waals surface area contributed by atoms with E-state index in [-0.39, 0.29) is 0 Å². The van der Waals surface area contributed by atoms with Crippen molar-refractivity contribution >= 4 is 0 Å². The van der Waals surface area contributed by atoms with Gasteiger partial charge in [-0.15, -0.1) is 0 Å². The topological polar surface area (TPSA) is 47.1 Å². The second-order valence-corrected chi connectivity index (χ2v) is 3.79. The third kappa shape index (κ3) is 1.79. The number of imidazole rings is 1. The van der Waals surface area contributed by atoms with Gasteiger partial charge in [0.2, 0.25) is 0 Å². The molecule has 0 saturated heterocycles. The molecule has 2 heterocycles. The highest BCUT2D eigenvalue weighted by atomic mass is 16.7. The first-order valence-corrected chi connectivity index (χ1v) is 5.22. The van der Waals surface area contributed by atoms with Crippen LogP contribution >= 0.6 is 0 Å². The molecule has 2 aromatic rings. The van der Waals surface area contributed by atoms with Gasteiger partial charge in [-0.25, -0.2) is 4.98 Å². The summed E-state index contributed by atoms with van der Waals surface area (Å²) in [4.78, 5) is 7.16. The van der Waals surface area contributed by atoms with Crippen LogP contribution in [-0.4, -0.2) is 16.8 Å². The van der Waals surface area contributed by atoms with Gasteiger partial charge in [0.05, 0.1) is 18.6 Å². The summed E-state index contributed by atoms with van der Waals surface area (Å²) in [6.45, 7) is 0.982. The Balaban J connectivity index is 1.86. The van der Waals surface area contributed by atoms with Crippen molar-refractivity contribution < 1.29 is 9.47 Å². The van der Waals surface area contributed by atoms with Crippen LogP contribution in [0.2, 0.25) is 0 Å². The number of aromatic nitrogens is 2. The lowest BCUT2D eigenvalue weighted by Crippen LogP contribution is -2.11. The predicted octanol–water partition coefficient (Wildman–Crippen LogP) is 1.87. The van der Waals surface area contributed by atoms with E-state index < -0.39 is 0 Å². The van der Waals surface area contributed by atoms with Gasteiger partial charge in [-0.2, -0.15) is 0 Å². The molecule has 0 aliphatic carbocycles. The average molecular weight is 216 g/mol. The number of hydrogen-bond acceptors (Lipinski definition) is 3. The largest absolute Gasteiger partial charge is 0.467 e. The third-order valence-corrected chi connectivity index (χ3v) is 2.62. The number of benzene rings is 1. The van der Waals surface area contributed by atoms with Crippen LogP contribution < -0.4 is 4.74 Å². The summed E-state index contributed by atoms with van der Waals surface area (Å²) in [5, 5.41) is 0. The maximum atomic E-state index is 5.37. The first-order valence-electron chi connectivity index (χ1n) is 5.22. The van der Waals surface area contributed by atoms with E-state index in [2.05, 4.69) is 22.1 Å². The number of H-pyrrole nitrogens is 1. The fourth-order valence-electron chi connectivity index (χ4n) is 1.85. The molecular formula is C12H12N2O2. The van der Waals surface area contributed by atoms with Crippen molar-refractivity contribution in [3.8, 4) is 5.75 Å². The van der Waals surface area contributed by atoms with E-state index in [0.717, 1.165) is 23.4 Å². The number of aromatic amines is 1. The van der Waals surface area contributed by atoms with Crippen LogP contribution in [0.1, 0.15) is 16.8 Å². The van der Waals surface area contributed by atoms with E-state index in [1.165, 1.54) is 5.56 Å². The summed E-state index contributed by atoms with van der Waals surface area (Å²) < 4.78 is 10.6. The van der Waals surface area contributed by atoms with Crippen LogP contribution in [0.5, 0.6) is 5.75 Å². The van der Waals surface area contributed by atoms with Crippen LogP contribution in [0.15, 0.2) is 30.7 Å². The van der Waals surface area contributed by atoms with Crippen LogP contribution in [0.3, 0.4) is 0 Å². The molecule has 1 aliphatic heterocycles. The molecule has 4 nitrogen and oxygen atoms in total. The molecule has 0 amide bonds. The normalized spacial score (nSPS) is 14.2. The lowest BCUT2D eigenvalue weighted by atomic mass is 10.1. The van der Waals surface area contributed by atoms with E-state index in [1.54, 1.807) is 6.33 Å². The highest BCUT2D eigenvalue weighted by molar-refractivity contribution is 5.38. The van der Waals surface area contributed by atoms with E-state index >= 15 is 0 Å². The van der Waals surface area contributed by atoms with Crippen molar-refractivity contribution in [1.29, 1.82) is 0 Å². The van der Waals surface area contributed by atoms with Crippen molar-refractivity contribution in [2.24, 2.45) is 0 Å². The quantitative estimate of drug-likeness (QED) is 0.833. The van der Waals surface area contributed by atoms with Gasteiger partial charge < -0.3 is 14.5 Å². The maximum Gasteiger partial charge on any atom is 0.189 e. The molecule has 0 spiro atoms. The lowest BCUT2D eigenvalue weighted by molar-refractivity contribution is -0.0164. The fraction of sp³-hybridized carbons (Fsp3) is 0.250. The molecule has 0 radical (unpaired) electrons. The van der Waals surface area contributed by atoms with Gasteiger partial charge in [-0.1, -0.05) is 6.07 Å². The molecule has 1 aliphatic rings. The predicted molar refractivity (Wildman–Crippen MR) is 58.1 cm³/mol. The number of hydrogen-bond donors (Lipinski definition) is 1. The smallest absolute Gasteiger partial charge is 0.189 e. The molecule has 1 aromatic heterocycles. The van der Waals surface area contributed by atoms with Gasteiger partial charge in [0.15, 0.2) is 6.79 Å². The van der Waals surface area contributed by atoms with Gasteiger partial charge in [0.25, 0.3) is 0 Å². The molecule has 3 rings (SSSR count). The van der Waals surface area contributed by atoms with E-state index in [0.29, 0.717) is 13.4 Å². The summed E-state index contributed by atoms with van der Waals surface area (Å²) in [7, 11) is 0. The minimum Gasteiger partial charge on any atom is -0.467 e. The van der Waals surface area contributed by atoms with Gasteiger partial charge >= 0.3 is 0 Å². The second-order valence-electron chi connectivity index (χ2n) is 3.79. The van der Waals surface area contributed by atoms with E-state index in [4.69, 9.17) is 9.47 Å². The maximum absolute atomic E-state index is 5.37. The highest BCUT2D eigenvalue weighted by Gasteiger charge is 2.10. The minimum atomic E-state index is 0.353. The molecule has 1 aromatic carbocycles.